The van der Waals surface area contributed by atoms with Crippen molar-refractivity contribution in [1.29, 1.82) is 0 Å². The smallest absolute Gasteiger partial charge is 0.156 e. The molecule has 2 aliphatic heterocycles. The van der Waals surface area contributed by atoms with Crippen LogP contribution in [0.1, 0.15) is 25.3 Å². The third-order valence-corrected chi connectivity index (χ3v) is 4.92. The molecule has 1 aromatic carbocycles. The van der Waals surface area contributed by atoms with Gasteiger partial charge in [0.05, 0.1) is 19.2 Å². The number of aliphatic hydroxyl groups excluding tert-OH is 1. The molecule has 2 N–H and O–H groups in total. The predicted molar refractivity (Wildman–Crippen MR) is 88.4 cm³/mol. The number of nitrogens with one attached hydrogen (secondary N) is 1. The van der Waals surface area contributed by atoms with E-state index in [9.17, 15) is 9.90 Å². The van der Waals surface area contributed by atoms with Crippen LogP contribution in [0.25, 0.3) is 0 Å². The number of carbonyl (C=O) groups is 1. The SMILES string of the molecule is CC(C)[C@H]1C2C(=O)CN(CO)CCNc3cccc(c32)N1C. The number of hydrogen-bond acceptors (Lipinski definition) is 5. The van der Waals surface area contributed by atoms with Gasteiger partial charge in [-0.1, -0.05) is 19.9 Å². The molecule has 0 amide bonds. The molecule has 22 heavy (non-hydrogen) atoms. The Balaban J connectivity index is 2.10. The second-order valence-electron chi connectivity index (χ2n) is 6.65. The monoisotopic (exact) mass is 303 g/mol. The van der Waals surface area contributed by atoms with E-state index in [2.05, 4.69) is 43.2 Å². The lowest BCUT2D eigenvalue weighted by Gasteiger charge is -2.30. The number of hydrogen-bond donors (Lipinski definition) is 2. The number of ketones is 1. The summed E-state index contributed by atoms with van der Waals surface area (Å²) in [7, 11) is 2.08. The maximum atomic E-state index is 13.0. The standard InChI is InChI=1S/C17H25N3O2/c1-11(2)17-16-14(22)9-20(10-21)8-7-18-12-5-4-6-13(15(12)16)19(17)3/h4-6,11,16-18,21H,7-10H2,1-3H3/t16?,17-/m0/s1. The molecule has 3 rings (SSSR count). The van der Waals surface area contributed by atoms with Crippen LogP contribution in [-0.4, -0.2) is 55.2 Å². The normalized spacial score (nSPS) is 25.5. The van der Waals surface area contributed by atoms with E-state index in [-0.39, 0.29) is 24.5 Å². The lowest BCUT2D eigenvalue weighted by Crippen LogP contribution is -2.42. The summed E-state index contributed by atoms with van der Waals surface area (Å²) in [6.07, 6.45) is 0. The number of nitrogens with zero attached hydrogens (tertiary/aromatic N) is 2. The van der Waals surface area contributed by atoms with E-state index in [4.69, 9.17) is 0 Å². The summed E-state index contributed by atoms with van der Waals surface area (Å²) in [5, 5.41) is 12.9. The van der Waals surface area contributed by atoms with Crippen molar-refractivity contribution in [3.05, 3.63) is 23.8 Å². The van der Waals surface area contributed by atoms with Gasteiger partial charge in [-0.3, -0.25) is 9.69 Å². The maximum Gasteiger partial charge on any atom is 0.156 e. The van der Waals surface area contributed by atoms with Crippen LogP contribution in [-0.2, 0) is 4.79 Å². The molecule has 0 aromatic heterocycles. The van der Waals surface area contributed by atoms with Crippen molar-refractivity contribution >= 4 is 17.2 Å². The third kappa shape index (κ3) is 2.38. The molecule has 2 aliphatic rings. The lowest BCUT2D eigenvalue weighted by atomic mass is 9.84. The molecular weight excluding hydrogens is 278 g/mol. The average molecular weight is 303 g/mol. The fourth-order valence-corrected chi connectivity index (χ4v) is 3.95. The quantitative estimate of drug-likeness (QED) is 0.867. The van der Waals surface area contributed by atoms with Gasteiger partial charge >= 0.3 is 0 Å². The zero-order chi connectivity index (χ0) is 15.9. The highest BCUT2D eigenvalue weighted by molar-refractivity contribution is 5.95. The van der Waals surface area contributed by atoms with E-state index < -0.39 is 0 Å². The summed E-state index contributed by atoms with van der Waals surface area (Å²) < 4.78 is 0. The molecule has 2 heterocycles. The molecular formula is C17H25N3O2. The fraction of sp³-hybridized carbons (Fsp3) is 0.588. The van der Waals surface area contributed by atoms with Crippen LogP contribution in [0.15, 0.2) is 18.2 Å². The largest absolute Gasteiger partial charge is 0.383 e. The van der Waals surface area contributed by atoms with Gasteiger partial charge in [0.2, 0.25) is 0 Å². The number of benzene rings is 1. The minimum atomic E-state index is -0.129. The maximum absolute atomic E-state index is 13.0. The molecule has 2 atom stereocenters. The van der Waals surface area contributed by atoms with Crippen LogP contribution in [0.2, 0.25) is 0 Å². The molecule has 0 bridgehead atoms. The van der Waals surface area contributed by atoms with E-state index in [1.807, 2.05) is 6.07 Å². The van der Waals surface area contributed by atoms with Gasteiger partial charge in [-0.15, -0.1) is 0 Å². The van der Waals surface area contributed by atoms with Crippen LogP contribution in [0.5, 0.6) is 0 Å². The van der Waals surface area contributed by atoms with Crippen molar-refractivity contribution in [2.75, 3.05) is 43.6 Å². The van der Waals surface area contributed by atoms with E-state index >= 15 is 0 Å². The van der Waals surface area contributed by atoms with Crippen LogP contribution in [0.3, 0.4) is 0 Å². The van der Waals surface area contributed by atoms with Gasteiger partial charge in [-0.25, -0.2) is 0 Å². The van der Waals surface area contributed by atoms with Crippen molar-refractivity contribution in [3.63, 3.8) is 0 Å². The van der Waals surface area contributed by atoms with Crippen molar-refractivity contribution in [2.45, 2.75) is 25.8 Å². The average Bonchev–Trinajstić information content (AvgIpc) is 2.82. The Bertz CT molecular complexity index is 573. The van der Waals surface area contributed by atoms with Gasteiger partial charge in [0.1, 0.15) is 0 Å². The molecule has 5 heteroatoms. The second kappa shape index (κ2) is 5.89. The molecule has 0 fully saturated rings. The first-order valence-corrected chi connectivity index (χ1v) is 8.00. The Labute approximate surface area is 131 Å². The summed E-state index contributed by atoms with van der Waals surface area (Å²) in [6.45, 7) is 5.97. The van der Waals surface area contributed by atoms with Crippen molar-refractivity contribution < 1.29 is 9.90 Å². The molecule has 120 valence electrons. The van der Waals surface area contributed by atoms with Gasteiger partial charge in [-0.2, -0.15) is 0 Å². The fourth-order valence-electron chi connectivity index (χ4n) is 3.95. The van der Waals surface area contributed by atoms with Gasteiger partial charge in [0.25, 0.3) is 0 Å². The Morgan fingerprint density at radius 1 is 1.41 bits per heavy atom. The zero-order valence-electron chi connectivity index (χ0n) is 13.5. The Morgan fingerprint density at radius 2 is 2.18 bits per heavy atom. The number of aliphatic hydroxyl groups is 1. The number of anilines is 2. The highest BCUT2D eigenvalue weighted by Crippen LogP contribution is 2.47. The number of Topliss-reactive ketones (excluding diaryl/α,β-unsaturated/α-hetero) is 1. The molecule has 0 saturated heterocycles. The second-order valence-corrected chi connectivity index (χ2v) is 6.65. The molecule has 0 spiro atoms. The van der Waals surface area contributed by atoms with Crippen molar-refractivity contribution in [1.82, 2.24) is 4.90 Å². The molecule has 1 unspecified atom stereocenters. The predicted octanol–water partition coefficient (Wildman–Crippen LogP) is 1.49. The third-order valence-electron chi connectivity index (χ3n) is 4.92. The van der Waals surface area contributed by atoms with E-state index in [0.717, 1.165) is 23.5 Å². The molecule has 1 aromatic rings. The van der Waals surface area contributed by atoms with Crippen molar-refractivity contribution in [3.8, 4) is 0 Å². The number of likely N-dealkylation sites (N-methyl/N-ethyl adjacent to an activating group) is 1. The van der Waals surface area contributed by atoms with Gasteiger partial charge in [0, 0.05) is 43.1 Å². The molecule has 0 aliphatic carbocycles. The minimum absolute atomic E-state index is 0.0779. The highest BCUT2D eigenvalue weighted by Gasteiger charge is 2.44. The highest BCUT2D eigenvalue weighted by atomic mass is 16.3. The summed E-state index contributed by atoms with van der Waals surface area (Å²) >= 11 is 0. The molecule has 5 nitrogen and oxygen atoms in total. The van der Waals surface area contributed by atoms with Crippen molar-refractivity contribution in [2.24, 2.45) is 5.92 Å². The van der Waals surface area contributed by atoms with E-state index in [1.165, 1.54) is 0 Å². The van der Waals surface area contributed by atoms with E-state index in [0.29, 0.717) is 19.0 Å². The summed E-state index contributed by atoms with van der Waals surface area (Å²) in [6, 6.07) is 6.38. The van der Waals surface area contributed by atoms with Crippen LogP contribution < -0.4 is 10.2 Å². The van der Waals surface area contributed by atoms with Crippen LogP contribution in [0.4, 0.5) is 11.4 Å². The first-order valence-electron chi connectivity index (χ1n) is 8.00. The number of rotatable bonds is 2. The Morgan fingerprint density at radius 3 is 2.86 bits per heavy atom. The van der Waals surface area contributed by atoms with E-state index in [1.54, 1.807) is 4.90 Å². The number of carbonyl (C=O) groups excluding carboxylic acids is 1. The zero-order valence-corrected chi connectivity index (χ0v) is 13.5. The first-order chi connectivity index (χ1) is 10.5. The van der Waals surface area contributed by atoms with Crippen LogP contribution >= 0.6 is 0 Å². The van der Waals surface area contributed by atoms with Gasteiger partial charge in [-0.05, 0) is 18.1 Å². The first kappa shape index (κ1) is 15.3. The summed E-state index contributed by atoms with van der Waals surface area (Å²) in [5.41, 5.74) is 3.35. The lowest BCUT2D eigenvalue weighted by molar-refractivity contribution is -0.123. The van der Waals surface area contributed by atoms with Crippen LogP contribution in [0, 0.1) is 5.92 Å². The summed E-state index contributed by atoms with van der Waals surface area (Å²) in [4.78, 5) is 17.0. The molecule has 0 radical (unpaired) electrons. The van der Waals surface area contributed by atoms with Gasteiger partial charge in [0.15, 0.2) is 5.78 Å². The molecule has 0 saturated carbocycles. The topological polar surface area (TPSA) is 55.8 Å². The summed E-state index contributed by atoms with van der Waals surface area (Å²) in [5.74, 6) is 0.452. The van der Waals surface area contributed by atoms with Gasteiger partial charge < -0.3 is 15.3 Å². The minimum Gasteiger partial charge on any atom is -0.383 e. The Hall–Kier alpha value is -1.59. The Kier molecular flexibility index (Phi) is 4.10.